The van der Waals surface area contributed by atoms with Crippen LogP contribution in [0, 0.1) is 0 Å². The molecule has 3 aliphatic rings. The summed E-state index contributed by atoms with van der Waals surface area (Å²) in [5.41, 5.74) is 0.767. The second-order valence-electron chi connectivity index (χ2n) is 6.92. The Morgan fingerprint density at radius 3 is 2.62 bits per heavy atom. The van der Waals surface area contributed by atoms with Gasteiger partial charge in [0, 0.05) is 24.6 Å². The second kappa shape index (κ2) is 6.61. The smallest absolute Gasteiger partial charge is 0.279 e. The van der Waals surface area contributed by atoms with Crippen LogP contribution < -0.4 is 19.7 Å². The van der Waals surface area contributed by atoms with Crippen LogP contribution in [0.2, 0.25) is 0 Å². The van der Waals surface area contributed by atoms with E-state index in [1.54, 1.807) is 0 Å². The van der Waals surface area contributed by atoms with Crippen LogP contribution in [-0.4, -0.2) is 44.5 Å². The summed E-state index contributed by atoms with van der Waals surface area (Å²) in [6, 6.07) is 5.66. The van der Waals surface area contributed by atoms with E-state index in [1.807, 2.05) is 18.2 Å². The fourth-order valence-corrected chi connectivity index (χ4v) is 3.74. The molecule has 2 N–H and O–H groups in total. The Labute approximate surface area is 142 Å². The van der Waals surface area contributed by atoms with E-state index in [0.29, 0.717) is 6.54 Å². The largest absolute Gasteiger partial charge is 0.448 e. The molecule has 4 rings (SSSR count). The van der Waals surface area contributed by atoms with Crippen LogP contribution in [0.25, 0.3) is 0 Å². The first kappa shape index (κ1) is 15.7. The maximum atomic E-state index is 12.2. The molecule has 6 heteroatoms. The molecule has 2 aliphatic heterocycles. The number of hydrogen-bond acceptors (Lipinski definition) is 4. The van der Waals surface area contributed by atoms with Gasteiger partial charge in [0.25, 0.3) is 11.7 Å². The van der Waals surface area contributed by atoms with Crippen molar-refractivity contribution in [2.75, 3.05) is 38.2 Å². The summed E-state index contributed by atoms with van der Waals surface area (Å²) >= 11 is 0. The van der Waals surface area contributed by atoms with Gasteiger partial charge in [0.05, 0.1) is 13.2 Å². The average molecular weight is 333 g/mol. The minimum Gasteiger partial charge on any atom is -0.448 e. The van der Waals surface area contributed by atoms with Gasteiger partial charge in [0.2, 0.25) is 0 Å². The number of morpholine rings is 1. The Kier molecular flexibility index (Phi) is 4.33. The van der Waals surface area contributed by atoms with E-state index in [0.717, 1.165) is 69.2 Å². The van der Waals surface area contributed by atoms with E-state index >= 15 is 0 Å². The first-order valence-electron chi connectivity index (χ1n) is 8.96. The van der Waals surface area contributed by atoms with Gasteiger partial charge in [-0.2, -0.15) is 0 Å². The highest BCUT2D eigenvalue weighted by Gasteiger charge is 2.42. The van der Waals surface area contributed by atoms with Crippen molar-refractivity contribution in [2.24, 2.45) is 0 Å². The lowest BCUT2D eigenvalue weighted by Crippen LogP contribution is -3.15. The van der Waals surface area contributed by atoms with Crippen molar-refractivity contribution in [3.05, 3.63) is 18.2 Å². The average Bonchev–Trinajstić information content (AvgIpc) is 2.93. The molecule has 1 spiro atoms. The van der Waals surface area contributed by atoms with E-state index < -0.39 is 5.79 Å². The standard InChI is InChI=1S/C18H24N2O4/c21-17(13-20-8-10-22-11-9-20)19-14-4-5-15-16(12-14)24-18(23-15)6-2-1-3-7-18/h4-5,12H,1-3,6-11,13H2,(H,19,21)/p+1. The van der Waals surface area contributed by atoms with Crippen molar-refractivity contribution < 1.29 is 23.9 Å². The topological polar surface area (TPSA) is 61.2 Å². The number of benzene rings is 1. The van der Waals surface area contributed by atoms with E-state index in [9.17, 15) is 4.79 Å². The zero-order valence-corrected chi connectivity index (χ0v) is 13.9. The molecule has 130 valence electrons. The van der Waals surface area contributed by atoms with Gasteiger partial charge in [-0.15, -0.1) is 0 Å². The Balaban J connectivity index is 1.38. The Morgan fingerprint density at radius 1 is 1.08 bits per heavy atom. The van der Waals surface area contributed by atoms with Crippen LogP contribution in [0.1, 0.15) is 32.1 Å². The lowest BCUT2D eigenvalue weighted by molar-refractivity contribution is -0.899. The summed E-state index contributed by atoms with van der Waals surface area (Å²) < 4.78 is 17.5. The first-order valence-corrected chi connectivity index (χ1v) is 8.96. The van der Waals surface area contributed by atoms with Crippen LogP contribution in [0.3, 0.4) is 0 Å². The molecule has 0 atom stereocenters. The van der Waals surface area contributed by atoms with Gasteiger partial charge in [0.1, 0.15) is 13.1 Å². The minimum absolute atomic E-state index is 0.0261. The number of anilines is 1. The lowest BCUT2D eigenvalue weighted by Gasteiger charge is -2.31. The zero-order chi connectivity index (χ0) is 16.4. The molecule has 1 aromatic carbocycles. The summed E-state index contributed by atoms with van der Waals surface area (Å²) in [6.45, 7) is 3.71. The van der Waals surface area contributed by atoms with E-state index in [-0.39, 0.29) is 5.91 Å². The van der Waals surface area contributed by atoms with E-state index in [1.165, 1.54) is 11.3 Å². The fraction of sp³-hybridized carbons (Fsp3) is 0.611. The van der Waals surface area contributed by atoms with Crippen LogP contribution in [0.5, 0.6) is 11.5 Å². The molecule has 0 aromatic heterocycles. The second-order valence-corrected chi connectivity index (χ2v) is 6.92. The third-order valence-corrected chi connectivity index (χ3v) is 5.05. The van der Waals surface area contributed by atoms with Gasteiger partial charge in [-0.1, -0.05) is 6.42 Å². The van der Waals surface area contributed by atoms with Crippen LogP contribution in [0.4, 0.5) is 5.69 Å². The van der Waals surface area contributed by atoms with E-state index in [4.69, 9.17) is 14.2 Å². The van der Waals surface area contributed by atoms with Crippen molar-refractivity contribution >= 4 is 11.6 Å². The maximum Gasteiger partial charge on any atom is 0.279 e. The SMILES string of the molecule is O=C(C[NH+]1CCOCC1)Nc1ccc2c(c1)OC1(CCCCC1)O2. The quantitative estimate of drug-likeness (QED) is 0.865. The normalized spacial score (nSPS) is 22.5. The number of amides is 1. The van der Waals surface area contributed by atoms with Gasteiger partial charge < -0.3 is 24.4 Å². The van der Waals surface area contributed by atoms with Crippen molar-refractivity contribution in [1.82, 2.24) is 0 Å². The number of fused-ring (bicyclic) bond motifs is 1. The number of rotatable bonds is 3. The molecule has 0 unspecified atom stereocenters. The molecule has 1 saturated carbocycles. The Bertz CT molecular complexity index is 607. The van der Waals surface area contributed by atoms with Gasteiger partial charge >= 0.3 is 0 Å². The molecule has 1 amide bonds. The van der Waals surface area contributed by atoms with Gasteiger partial charge in [-0.3, -0.25) is 4.79 Å². The molecule has 0 bridgehead atoms. The first-order chi connectivity index (χ1) is 11.7. The van der Waals surface area contributed by atoms with Crippen molar-refractivity contribution in [2.45, 2.75) is 37.9 Å². The number of hydrogen-bond donors (Lipinski definition) is 2. The molecule has 6 nitrogen and oxygen atoms in total. The van der Waals surface area contributed by atoms with Crippen LogP contribution >= 0.6 is 0 Å². The Hall–Kier alpha value is -1.79. The lowest BCUT2D eigenvalue weighted by atomic mass is 9.94. The zero-order valence-electron chi connectivity index (χ0n) is 13.9. The molecular weight excluding hydrogens is 308 g/mol. The predicted molar refractivity (Wildman–Crippen MR) is 88.5 cm³/mol. The molecule has 2 fully saturated rings. The molecule has 2 heterocycles. The summed E-state index contributed by atoms with van der Waals surface area (Å²) in [7, 11) is 0. The van der Waals surface area contributed by atoms with Crippen molar-refractivity contribution in [3.63, 3.8) is 0 Å². The number of carbonyl (C=O) groups is 1. The minimum atomic E-state index is -0.471. The summed E-state index contributed by atoms with van der Waals surface area (Å²) in [5.74, 6) is 1.08. The molecule has 1 saturated heterocycles. The number of nitrogens with one attached hydrogen (secondary N) is 2. The number of carbonyl (C=O) groups excluding carboxylic acids is 1. The third-order valence-electron chi connectivity index (χ3n) is 5.05. The highest BCUT2D eigenvalue weighted by molar-refractivity contribution is 5.91. The number of ether oxygens (including phenoxy) is 3. The fourth-order valence-electron chi connectivity index (χ4n) is 3.74. The predicted octanol–water partition coefficient (Wildman–Crippen LogP) is 0.972. The molecule has 1 aliphatic carbocycles. The summed E-state index contributed by atoms with van der Waals surface area (Å²) in [4.78, 5) is 13.5. The van der Waals surface area contributed by atoms with Crippen molar-refractivity contribution in [1.29, 1.82) is 0 Å². The maximum absolute atomic E-state index is 12.2. The van der Waals surface area contributed by atoms with Crippen molar-refractivity contribution in [3.8, 4) is 11.5 Å². The third kappa shape index (κ3) is 3.35. The molecule has 1 aromatic rings. The summed E-state index contributed by atoms with van der Waals surface area (Å²) in [6.07, 6.45) is 5.39. The highest BCUT2D eigenvalue weighted by Crippen LogP contribution is 2.46. The number of quaternary nitrogens is 1. The molecular formula is C18H25N2O4+. The van der Waals surface area contributed by atoms with Gasteiger partial charge in [-0.25, -0.2) is 0 Å². The van der Waals surface area contributed by atoms with Crippen LogP contribution in [0.15, 0.2) is 18.2 Å². The van der Waals surface area contributed by atoms with Gasteiger partial charge in [0.15, 0.2) is 18.0 Å². The molecule has 0 radical (unpaired) electrons. The van der Waals surface area contributed by atoms with E-state index in [2.05, 4.69) is 5.32 Å². The van der Waals surface area contributed by atoms with Gasteiger partial charge in [-0.05, 0) is 25.0 Å². The monoisotopic (exact) mass is 333 g/mol. The molecule has 24 heavy (non-hydrogen) atoms. The highest BCUT2D eigenvalue weighted by atomic mass is 16.7. The van der Waals surface area contributed by atoms with Crippen LogP contribution in [-0.2, 0) is 9.53 Å². The Morgan fingerprint density at radius 2 is 1.83 bits per heavy atom. The summed E-state index contributed by atoms with van der Waals surface area (Å²) in [5, 5.41) is 2.97.